The van der Waals surface area contributed by atoms with E-state index < -0.39 is 10.0 Å². The average molecular weight is 497 g/mol. The van der Waals surface area contributed by atoms with Crippen LogP contribution < -0.4 is 4.72 Å². The van der Waals surface area contributed by atoms with Crippen LogP contribution in [0.3, 0.4) is 0 Å². The normalized spacial score (nSPS) is 19.4. The molecule has 2 aromatic carbocycles. The lowest BCUT2D eigenvalue weighted by Crippen LogP contribution is -2.64. The molecule has 8 nitrogen and oxygen atoms in total. The third-order valence-electron chi connectivity index (χ3n) is 7.11. The number of nitrogens with zero attached hydrogens (tertiary/aromatic N) is 3. The third kappa shape index (κ3) is 5.74. The van der Waals surface area contributed by atoms with Crippen LogP contribution in [-0.4, -0.2) is 86.3 Å². The zero-order chi connectivity index (χ0) is 24.4. The third-order valence-corrected chi connectivity index (χ3v) is 8.65. The van der Waals surface area contributed by atoms with Crippen LogP contribution in [0.5, 0.6) is 0 Å². The molecule has 0 aromatic heterocycles. The Morgan fingerprint density at radius 2 is 1.51 bits per heavy atom. The first kappa shape index (κ1) is 24.0. The van der Waals surface area contributed by atoms with E-state index in [1.165, 1.54) is 0 Å². The second kappa shape index (κ2) is 10.1. The molecule has 2 aromatic rings. The molecule has 0 unspecified atom stereocenters. The molecule has 1 aliphatic carbocycles. The Morgan fingerprint density at radius 3 is 2.14 bits per heavy atom. The molecule has 2 amide bonds. The van der Waals surface area contributed by atoms with Gasteiger partial charge in [0.25, 0.3) is 5.91 Å². The molecule has 5 rings (SSSR count). The minimum Gasteiger partial charge on any atom is -0.339 e. The fourth-order valence-electron chi connectivity index (χ4n) is 4.68. The van der Waals surface area contributed by atoms with Crippen LogP contribution in [0.25, 0.3) is 0 Å². The molecule has 2 saturated heterocycles. The van der Waals surface area contributed by atoms with Crippen molar-refractivity contribution in [3.8, 4) is 0 Å². The molecule has 3 aliphatic rings. The summed E-state index contributed by atoms with van der Waals surface area (Å²) in [4.78, 5) is 31.7. The largest absolute Gasteiger partial charge is 0.339 e. The number of rotatable bonds is 8. The van der Waals surface area contributed by atoms with Gasteiger partial charge in [0.2, 0.25) is 15.9 Å². The van der Waals surface area contributed by atoms with Crippen LogP contribution in [-0.2, 0) is 21.2 Å². The van der Waals surface area contributed by atoms with Crippen molar-refractivity contribution in [1.29, 1.82) is 0 Å². The van der Waals surface area contributed by atoms with Gasteiger partial charge in [-0.05, 0) is 49.1 Å². The molecule has 2 heterocycles. The number of carbonyl (C=O) groups is 2. The van der Waals surface area contributed by atoms with Crippen molar-refractivity contribution >= 4 is 21.8 Å². The van der Waals surface area contributed by atoms with Crippen LogP contribution in [0.2, 0.25) is 0 Å². The van der Waals surface area contributed by atoms with E-state index in [0.717, 1.165) is 50.1 Å². The molecular formula is C26H32N4O4S. The highest BCUT2D eigenvalue weighted by Gasteiger charge is 2.36. The number of piperazine rings is 1. The molecule has 9 heteroatoms. The van der Waals surface area contributed by atoms with Crippen LogP contribution in [0, 0.1) is 0 Å². The predicted molar refractivity (Wildman–Crippen MR) is 132 cm³/mol. The maximum atomic E-state index is 12.6. The highest BCUT2D eigenvalue weighted by atomic mass is 32.2. The van der Waals surface area contributed by atoms with Crippen molar-refractivity contribution in [3.05, 3.63) is 65.7 Å². The van der Waals surface area contributed by atoms with Gasteiger partial charge in [-0.2, -0.15) is 0 Å². The van der Waals surface area contributed by atoms with E-state index in [1.807, 2.05) is 40.1 Å². The van der Waals surface area contributed by atoms with Crippen LogP contribution in [0.15, 0.2) is 59.5 Å². The molecule has 0 spiro atoms. The van der Waals surface area contributed by atoms with E-state index in [2.05, 4.69) is 9.62 Å². The number of likely N-dealkylation sites (tertiary alicyclic amines) is 1. The Hall–Kier alpha value is -2.75. The number of amides is 2. The first-order valence-electron chi connectivity index (χ1n) is 12.4. The van der Waals surface area contributed by atoms with Gasteiger partial charge in [0.15, 0.2) is 0 Å². The van der Waals surface area contributed by atoms with E-state index >= 15 is 0 Å². The average Bonchev–Trinajstić information content (AvgIpc) is 3.66. The van der Waals surface area contributed by atoms with E-state index in [0.29, 0.717) is 32.0 Å². The van der Waals surface area contributed by atoms with E-state index in [9.17, 15) is 18.0 Å². The van der Waals surface area contributed by atoms with Gasteiger partial charge in [-0.25, -0.2) is 13.1 Å². The lowest BCUT2D eigenvalue weighted by atomic mass is 10.0. The van der Waals surface area contributed by atoms with Gasteiger partial charge >= 0.3 is 0 Å². The summed E-state index contributed by atoms with van der Waals surface area (Å²) in [5.41, 5.74) is 1.69. The van der Waals surface area contributed by atoms with Crippen molar-refractivity contribution in [2.45, 2.75) is 42.7 Å². The molecule has 35 heavy (non-hydrogen) atoms. The van der Waals surface area contributed by atoms with Crippen molar-refractivity contribution in [1.82, 2.24) is 19.4 Å². The second-order valence-corrected chi connectivity index (χ2v) is 11.4. The van der Waals surface area contributed by atoms with Crippen molar-refractivity contribution in [2.24, 2.45) is 0 Å². The smallest absolute Gasteiger partial charge is 0.253 e. The summed E-state index contributed by atoms with van der Waals surface area (Å²) in [6.07, 6.45) is 2.82. The maximum absolute atomic E-state index is 12.6. The molecule has 3 fully saturated rings. The molecule has 1 saturated carbocycles. The topological polar surface area (TPSA) is 90.0 Å². The fourth-order valence-corrected chi connectivity index (χ4v) is 5.98. The van der Waals surface area contributed by atoms with Gasteiger partial charge in [0.05, 0.1) is 4.90 Å². The lowest BCUT2D eigenvalue weighted by Gasteiger charge is -2.48. The molecule has 0 bridgehead atoms. The van der Waals surface area contributed by atoms with Crippen LogP contribution in [0.1, 0.15) is 35.2 Å². The van der Waals surface area contributed by atoms with Crippen LogP contribution >= 0.6 is 0 Å². The number of carbonyl (C=O) groups excluding carboxylic acids is 2. The molecule has 0 atom stereocenters. The molecule has 0 radical (unpaired) electrons. The van der Waals surface area contributed by atoms with E-state index in [-0.39, 0.29) is 22.8 Å². The number of benzene rings is 2. The number of aryl methyl sites for hydroxylation is 1. The lowest BCUT2D eigenvalue weighted by molar-refractivity contribution is -0.139. The summed E-state index contributed by atoms with van der Waals surface area (Å²) in [5, 5.41) is 0. The molecule has 186 valence electrons. The Labute approximate surface area is 206 Å². The summed E-state index contributed by atoms with van der Waals surface area (Å²) in [6, 6.07) is 16.7. The highest BCUT2D eigenvalue weighted by molar-refractivity contribution is 7.89. The predicted octanol–water partition coefficient (Wildman–Crippen LogP) is 1.73. The Kier molecular flexibility index (Phi) is 6.91. The fraction of sp³-hybridized carbons (Fsp3) is 0.462. The standard InChI is InChI=1S/C26H32N4O4S/c31-25(13-8-20-6-11-24(12-7-20)35(33,34)27-22-9-10-22)30-18-23(19-30)28-14-16-29(17-15-28)26(32)21-4-2-1-3-5-21/h1-7,11-12,22-23,27H,8-10,13-19H2. The molecular weight excluding hydrogens is 464 g/mol. The van der Waals surface area contributed by atoms with Gasteiger partial charge < -0.3 is 9.80 Å². The van der Waals surface area contributed by atoms with E-state index in [1.54, 1.807) is 24.3 Å². The van der Waals surface area contributed by atoms with Gasteiger partial charge in [0.1, 0.15) is 0 Å². The molecule has 1 N–H and O–H groups in total. The SMILES string of the molecule is O=C(CCc1ccc(S(=O)(=O)NC2CC2)cc1)N1CC(N2CCN(C(=O)c3ccccc3)CC2)C1. The summed E-state index contributed by atoms with van der Waals surface area (Å²) >= 11 is 0. The first-order chi connectivity index (χ1) is 16.9. The maximum Gasteiger partial charge on any atom is 0.253 e. The van der Waals surface area contributed by atoms with Gasteiger partial charge in [-0.15, -0.1) is 0 Å². The summed E-state index contributed by atoms with van der Waals surface area (Å²) in [5.74, 6) is 0.215. The zero-order valence-corrected chi connectivity index (χ0v) is 20.6. The first-order valence-corrected chi connectivity index (χ1v) is 13.8. The van der Waals surface area contributed by atoms with Gasteiger partial charge in [-0.3, -0.25) is 14.5 Å². The summed E-state index contributed by atoms with van der Waals surface area (Å²) in [7, 11) is -3.44. The Morgan fingerprint density at radius 1 is 0.857 bits per heavy atom. The highest BCUT2D eigenvalue weighted by Crippen LogP contribution is 2.23. The minimum atomic E-state index is -3.44. The van der Waals surface area contributed by atoms with Crippen molar-refractivity contribution in [2.75, 3.05) is 39.3 Å². The summed E-state index contributed by atoms with van der Waals surface area (Å²) in [6.45, 7) is 4.54. The number of sulfonamides is 1. The monoisotopic (exact) mass is 496 g/mol. The minimum absolute atomic E-state index is 0.0818. The number of nitrogens with one attached hydrogen (secondary N) is 1. The number of hydrogen-bond donors (Lipinski definition) is 1. The quantitative estimate of drug-likeness (QED) is 0.601. The Balaban J connectivity index is 1.03. The number of hydrogen-bond acceptors (Lipinski definition) is 5. The second-order valence-electron chi connectivity index (χ2n) is 9.69. The van der Waals surface area contributed by atoms with Gasteiger partial charge in [0, 0.05) is 63.3 Å². The molecule has 2 aliphatic heterocycles. The van der Waals surface area contributed by atoms with E-state index in [4.69, 9.17) is 0 Å². The van der Waals surface area contributed by atoms with Crippen molar-refractivity contribution in [3.63, 3.8) is 0 Å². The van der Waals surface area contributed by atoms with Crippen molar-refractivity contribution < 1.29 is 18.0 Å². The van der Waals surface area contributed by atoms with Crippen LogP contribution in [0.4, 0.5) is 0 Å². The summed E-state index contributed by atoms with van der Waals surface area (Å²) < 4.78 is 27.2. The Bertz CT molecular complexity index is 1150. The van der Waals surface area contributed by atoms with Gasteiger partial charge in [-0.1, -0.05) is 30.3 Å². The zero-order valence-electron chi connectivity index (χ0n) is 19.8.